The topological polar surface area (TPSA) is 69.9 Å². The van der Waals surface area contributed by atoms with E-state index in [0.29, 0.717) is 0 Å². The largest absolute Gasteiger partial charge is 0.394 e. The second-order valence-corrected chi connectivity index (χ2v) is 2.57. The molecule has 4 nitrogen and oxygen atoms in total. The Morgan fingerprint density at radius 3 is 2.64 bits per heavy atom. The first-order chi connectivity index (χ1) is 5.15. The van der Waals surface area contributed by atoms with Gasteiger partial charge in [0.1, 0.15) is 18.4 Å². The van der Waals surface area contributed by atoms with Gasteiger partial charge in [0.25, 0.3) is 0 Å². The number of aliphatic hydroxyl groups is 3. The van der Waals surface area contributed by atoms with Gasteiger partial charge >= 0.3 is 0 Å². The van der Waals surface area contributed by atoms with Crippen LogP contribution in [0.25, 0.3) is 0 Å². The highest BCUT2D eigenvalue weighted by molar-refractivity contribution is 4.79. The van der Waals surface area contributed by atoms with Crippen molar-refractivity contribution in [2.45, 2.75) is 31.1 Å². The van der Waals surface area contributed by atoms with E-state index in [1.165, 1.54) is 0 Å². The molecule has 3 N–H and O–H groups in total. The summed E-state index contributed by atoms with van der Waals surface area (Å²) in [5.74, 6) is 0. The minimum atomic E-state index is -1.40. The van der Waals surface area contributed by atoms with E-state index in [0.717, 1.165) is 0 Å². The molecule has 5 heteroatoms. The van der Waals surface area contributed by atoms with Crippen LogP contribution in [-0.4, -0.2) is 46.6 Å². The molecular weight excluding hydrogens is 155 g/mol. The molecule has 0 bridgehead atoms. The van der Waals surface area contributed by atoms with Crippen LogP contribution in [0.3, 0.4) is 0 Å². The van der Waals surface area contributed by atoms with Crippen LogP contribution in [0.15, 0.2) is 0 Å². The van der Waals surface area contributed by atoms with Crippen molar-refractivity contribution in [3.63, 3.8) is 0 Å². The number of halogens is 1. The molecule has 0 amide bonds. The van der Waals surface area contributed by atoms with E-state index in [-0.39, 0.29) is 6.42 Å². The molecule has 4 atom stereocenters. The van der Waals surface area contributed by atoms with Gasteiger partial charge in [-0.15, -0.1) is 0 Å². The second-order valence-electron chi connectivity index (χ2n) is 2.57. The number of hydrogen-bond acceptors (Lipinski definition) is 4. The van der Waals surface area contributed by atoms with Gasteiger partial charge in [-0.05, 0) is 0 Å². The number of hydrogen-bond donors (Lipinski definition) is 3. The highest BCUT2D eigenvalue weighted by Crippen LogP contribution is 2.20. The lowest BCUT2D eigenvalue weighted by atomic mass is 10.0. The first kappa shape index (κ1) is 8.86. The standard InChI is InChI=1S/C6H11FO4/c7-3-1-4(9)6(10)11-5(3)2-8/h3-6,8-10H,1-2H2. The average Bonchev–Trinajstić information content (AvgIpc) is 1.97. The highest BCUT2D eigenvalue weighted by Gasteiger charge is 2.35. The lowest BCUT2D eigenvalue weighted by Gasteiger charge is -2.32. The fourth-order valence-electron chi connectivity index (χ4n) is 1.01. The van der Waals surface area contributed by atoms with E-state index in [4.69, 9.17) is 15.3 Å². The molecule has 1 saturated heterocycles. The van der Waals surface area contributed by atoms with Gasteiger partial charge in [-0.2, -0.15) is 0 Å². The van der Waals surface area contributed by atoms with E-state index in [1.54, 1.807) is 0 Å². The van der Waals surface area contributed by atoms with Crippen LogP contribution in [-0.2, 0) is 4.74 Å². The number of rotatable bonds is 1. The fraction of sp³-hybridized carbons (Fsp3) is 1.00. The Bertz CT molecular complexity index is 132. The predicted molar refractivity (Wildman–Crippen MR) is 33.5 cm³/mol. The number of alkyl halides is 1. The minimum Gasteiger partial charge on any atom is -0.394 e. The normalized spacial score (nSPS) is 45.8. The van der Waals surface area contributed by atoms with Gasteiger partial charge in [0.05, 0.1) is 6.61 Å². The highest BCUT2D eigenvalue weighted by atomic mass is 19.1. The summed E-state index contributed by atoms with van der Waals surface area (Å²) in [4.78, 5) is 0. The molecule has 1 fully saturated rings. The van der Waals surface area contributed by atoms with E-state index in [9.17, 15) is 4.39 Å². The zero-order chi connectivity index (χ0) is 8.43. The summed E-state index contributed by atoms with van der Waals surface area (Å²) in [5.41, 5.74) is 0. The molecule has 0 radical (unpaired) electrons. The molecule has 0 aromatic carbocycles. The third kappa shape index (κ3) is 1.87. The molecule has 0 saturated carbocycles. The molecule has 4 unspecified atom stereocenters. The average molecular weight is 166 g/mol. The lowest BCUT2D eigenvalue weighted by Crippen LogP contribution is -2.46. The summed E-state index contributed by atoms with van der Waals surface area (Å²) in [6.45, 7) is -0.481. The van der Waals surface area contributed by atoms with Crippen LogP contribution in [0.5, 0.6) is 0 Å². The molecule has 1 rings (SSSR count). The summed E-state index contributed by atoms with van der Waals surface area (Å²) in [7, 11) is 0. The minimum absolute atomic E-state index is 0.188. The van der Waals surface area contributed by atoms with Crippen LogP contribution in [0.4, 0.5) is 4.39 Å². The van der Waals surface area contributed by atoms with Crippen LogP contribution in [0.2, 0.25) is 0 Å². The van der Waals surface area contributed by atoms with Crippen LogP contribution < -0.4 is 0 Å². The van der Waals surface area contributed by atoms with Gasteiger partial charge in [-0.1, -0.05) is 0 Å². The predicted octanol–water partition coefficient (Wildman–Crippen LogP) is -1.22. The molecule has 1 aliphatic rings. The van der Waals surface area contributed by atoms with Crippen LogP contribution in [0.1, 0.15) is 6.42 Å². The maximum atomic E-state index is 12.7. The first-order valence-electron chi connectivity index (χ1n) is 3.41. The maximum Gasteiger partial charge on any atom is 0.181 e. The van der Waals surface area contributed by atoms with Crippen LogP contribution >= 0.6 is 0 Å². The van der Waals surface area contributed by atoms with Gasteiger partial charge in [0, 0.05) is 6.42 Å². The zero-order valence-electron chi connectivity index (χ0n) is 5.85. The summed E-state index contributed by atoms with van der Waals surface area (Å²) >= 11 is 0. The Morgan fingerprint density at radius 1 is 1.45 bits per heavy atom. The molecule has 0 aromatic rings. The van der Waals surface area contributed by atoms with Crippen molar-refractivity contribution in [3.8, 4) is 0 Å². The lowest BCUT2D eigenvalue weighted by molar-refractivity contribution is -0.240. The molecular formula is C6H11FO4. The van der Waals surface area contributed by atoms with E-state index >= 15 is 0 Å². The molecule has 11 heavy (non-hydrogen) atoms. The number of aliphatic hydroxyl groups excluding tert-OH is 3. The van der Waals surface area contributed by atoms with E-state index in [1.807, 2.05) is 0 Å². The zero-order valence-corrected chi connectivity index (χ0v) is 5.85. The first-order valence-corrected chi connectivity index (χ1v) is 3.41. The fourth-order valence-corrected chi connectivity index (χ4v) is 1.01. The Kier molecular flexibility index (Phi) is 2.78. The quantitative estimate of drug-likeness (QED) is 0.457. The smallest absolute Gasteiger partial charge is 0.181 e. The third-order valence-electron chi connectivity index (χ3n) is 1.69. The molecule has 0 spiro atoms. The molecule has 1 aliphatic heterocycles. The van der Waals surface area contributed by atoms with Gasteiger partial charge in [-0.3, -0.25) is 0 Å². The van der Waals surface area contributed by atoms with Crippen molar-refractivity contribution in [2.24, 2.45) is 0 Å². The summed E-state index contributed by atoms with van der Waals surface area (Å²) in [5, 5.41) is 26.2. The second kappa shape index (κ2) is 3.44. The van der Waals surface area contributed by atoms with E-state index in [2.05, 4.69) is 4.74 Å². The molecule has 0 aromatic heterocycles. The summed E-state index contributed by atoms with van der Waals surface area (Å²) < 4.78 is 17.3. The Morgan fingerprint density at radius 2 is 2.09 bits per heavy atom. The van der Waals surface area contributed by atoms with Crippen molar-refractivity contribution < 1.29 is 24.4 Å². The Labute approximate surface area is 63.2 Å². The Hall–Kier alpha value is -0.230. The van der Waals surface area contributed by atoms with Gasteiger partial charge < -0.3 is 20.1 Å². The van der Waals surface area contributed by atoms with Gasteiger partial charge in [-0.25, -0.2) is 4.39 Å². The van der Waals surface area contributed by atoms with Crippen molar-refractivity contribution in [2.75, 3.05) is 6.61 Å². The van der Waals surface area contributed by atoms with E-state index < -0.39 is 31.3 Å². The van der Waals surface area contributed by atoms with Crippen molar-refractivity contribution in [1.82, 2.24) is 0 Å². The Balaban J connectivity index is 2.48. The third-order valence-corrected chi connectivity index (χ3v) is 1.69. The molecule has 0 aliphatic carbocycles. The van der Waals surface area contributed by atoms with Crippen molar-refractivity contribution in [1.29, 1.82) is 0 Å². The van der Waals surface area contributed by atoms with Crippen LogP contribution in [0, 0.1) is 0 Å². The monoisotopic (exact) mass is 166 g/mol. The SMILES string of the molecule is OCC1OC(O)C(O)CC1F. The summed E-state index contributed by atoms with van der Waals surface area (Å²) in [6.07, 6.45) is -5.16. The van der Waals surface area contributed by atoms with Crippen molar-refractivity contribution >= 4 is 0 Å². The summed E-state index contributed by atoms with van der Waals surface area (Å²) in [6, 6.07) is 0. The van der Waals surface area contributed by atoms with Gasteiger partial charge in [0.2, 0.25) is 0 Å². The number of ether oxygens (including phenoxy) is 1. The molecule has 1 heterocycles. The van der Waals surface area contributed by atoms with Gasteiger partial charge in [0.15, 0.2) is 6.29 Å². The maximum absolute atomic E-state index is 12.7. The molecule has 66 valence electrons. The van der Waals surface area contributed by atoms with Crippen molar-refractivity contribution in [3.05, 3.63) is 0 Å².